The molecule has 0 amide bonds. The van der Waals surface area contributed by atoms with Crippen LogP contribution in [0.2, 0.25) is 0 Å². The Labute approximate surface area is 103 Å². The first-order chi connectivity index (χ1) is 7.99. The molecule has 0 spiro atoms. The van der Waals surface area contributed by atoms with E-state index in [-0.39, 0.29) is 5.78 Å². The van der Waals surface area contributed by atoms with Gasteiger partial charge in [0.15, 0.2) is 5.78 Å². The summed E-state index contributed by atoms with van der Waals surface area (Å²) in [4.78, 5) is 11.8. The van der Waals surface area contributed by atoms with E-state index in [2.05, 4.69) is 0 Å². The maximum atomic E-state index is 11.8. The second-order valence-corrected chi connectivity index (χ2v) is 4.54. The number of ether oxygens (including phenoxy) is 1. The van der Waals surface area contributed by atoms with Gasteiger partial charge >= 0.3 is 0 Å². The summed E-state index contributed by atoms with van der Waals surface area (Å²) in [5, 5.41) is 0. The van der Waals surface area contributed by atoms with Gasteiger partial charge < -0.3 is 10.5 Å². The van der Waals surface area contributed by atoms with Crippen molar-refractivity contribution in [1.29, 1.82) is 0 Å². The Balaban J connectivity index is 2.53. The van der Waals surface area contributed by atoms with Gasteiger partial charge in [0, 0.05) is 6.42 Å². The predicted octanol–water partition coefficient (Wildman–Crippen LogP) is 2.32. The summed E-state index contributed by atoms with van der Waals surface area (Å²) in [6, 6.07) is 7.76. The molecule has 17 heavy (non-hydrogen) atoms. The highest BCUT2D eigenvalue weighted by atomic mass is 16.5. The quantitative estimate of drug-likeness (QED) is 0.823. The Morgan fingerprint density at radius 2 is 1.94 bits per heavy atom. The molecule has 0 saturated heterocycles. The summed E-state index contributed by atoms with van der Waals surface area (Å²) >= 11 is 0. The maximum absolute atomic E-state index is 11.8. The van der Waals surface area contributed by atoms with E-state index in [0.717, 1.165) is 17.7 Å². The van der Waals surface area contributed by atoms with Gasteiger partial charge in [0.2, 0.25) is 0 Å². The van der Waals surface area contributed by atoms with Crippen LogP contribution in [0.5, 0.6) is 5.75 Å². The Morgan fingerprint density at radius 3 is 2.41 bits per heavy atom. The van der Waals surface area contributed by atoms with Crippen molar-refractivity contribution in [2.45, 2.75) is 38.6 Å². The fraction of sp³-hybridized carbons (Fsp3) is 0.500. The van der Waals surface area contributed by atoms with Crippen LogP contribution in [-0.4, -0.2) is 18.4 Å². The van der Waals surface area contributed by atoms with Gasteiger partial charge in [-0.05, 0) is 37.5 Å². The largest absolute Gasteiger partial charge is 0.497 e. The highest BCUT2D eigenvalue weighted by Crippen LogP contribution is 2.15. The molecule has 2 N–H and O–H groups in total. The monoisotopic (exact) mass is 235 g/mol. The smallest absolute Gasteiger partial charge is 0.152 e. The molecule has 3 heteroatoms. The van der Waals surface area contributed by atoms with Crippen molar-refractivity contribution in [3.63, 3.8) is 0 Å². The number of rotatable bonds is 6. The van der Waals surface area contributed by atoms with E-state index in [9.17, 15) is 4.79 Å². The van der Waals surface area contributed by atoms with Crippen LogP contribution >= 0.6 is 0 Å². The van der Waals surface area contributed by atoms with E-state index in [0.29, 0.717) is 12.8 Å². The summed E-state index contributed by atoms with van der Waals surface area (Å²) in [5.41, 5.74) is 6.34. The lowest BCUT2D eigenvalue weighted by Gasteiger charge is -2.20. The van der Waals surface area contributed by atoms with Crippen LogP contribution in [0, 0.1) is 0 Å². The number of methoxy groups -OCH3 is 1. The fourth-order valence-corrected chi connectivity index (χ4v) is 1.53. The zero-order chi connectivity index (χ0) is 12.9. The number of ketones is 1. The lowest BCUT2D eigenvalue weighted by Crippen LogP contribution is -2.44. The molecule has 1 atom stereocenters. The third-order valence-corrected chi connectivity index (χ3v) is 3.17. The zero-order valence-electron chi connectivity index (χ0n) is 10.8. The topological polar surface area (TPSA) is 52.3 Å². The second kappa shape index (κ2) is 5.82. The van der Waals surface area contributed by atoms with Gasteiger partial charge in [0.1, 0.15) is 5.75 Å². The summed E-state index contributed by atoms with van der Waals surface area (Å²) < 4.78 is 5.08. The third kappa shape index (κ3) is 3.86. The third-order valence-electron chi connectivity index (χ3n) is 3.17. The van der Waals surface area contributed by atoms with Crippen molar-refractivity contribution in [2.75, 3.05) is 7.11 Å². The van der Waals surface area contributed by atoms with E-state index in [1.807, 2.05) is 31.2 Å². The molecule has 0 aromatic heterocycles. The highest BCUT2D eigenvalue weighted by Gasteiger charge is 2.24. The normalized spacial score (nSPS) is 14.1. The summed E-state index contributed by atoms with van der Waals surface area (Å²) in [5.74, 6) is 0.952. The van der Waals surface area contributed by atoms with Crippen molar-refractivity contribution in [3.8, 4) is 5.75 Å². The second-order valence-electron chi connectivity index (χ2n) is 4.54. The van der Waals surface area contributed by atoms with Crippen LogP contribution in [0.25, 0.3) is 0 Å². The molecule has 1 rings (SSSR count). The number of aryl methyl sites for hydroxylation is 1. The number of Topliss-reactive ketones (excluding diaryl/α,β-unsaturated/α-hetero) is 1. The SMILES string of the molecule is CCC(C)(N)C(=O)CCc1ccc(OC)cc1. The number of nitrogens with two attached hydrogens (primary N) is 1. The minimum Gasteiger partial charge on any atom is -0.497 e. The predicted molar refractivity (Wildman–Crippen MR) is 69.2 cm³/mol. The van der Waals surface area contributed by atoms with Gasteiger partial charge in [-0.3, -0.25) is 4.79 Å². The molecule has 1 unspecified atom stereocenters. The first kappa shape index (κ1) is 13.7. The van der Waals surface area contributed by atoms with Crippen LogP contribution in [-0.2, 0) is 11.2 Å². The summed E-state index contributed by atoms with van der Waals surface area (Å²) in [7, 11) is 1.64. The number of benzene rings is 1. The standard InChI is InChI=1S/C14H21NO2/c1-4-14(2,15)13(16)10-7-11-5-8-12(17-3)9-6-11/h5-6,8-9H,4,7,10,15H2,1-3H3. The number of carbonyl (C=O) groups excluding carboxylic acids is 1. The van der Waals surface area contributed by atoms with E-state index in [1.165, 1.54) is 0 Å². The molecule has 1 aromatic rings. The zero-order valence-corrected chi connectivity index (χ0v) is 10.8. The Morgan fingerprint density at radius 1 is 1.35 bits per heavy atom. The van der Waals surface area contributed by atoms with Gasteiger partial charge in [0.25, 0.3) is 0 Å². The van der Waals surface area contributed by atoms with Crippen LogP contribution in [0.4, 0.5) is 0 Å². The number of hydrogen-bond acceptors (Lipinski definition) is 3. The molecular weight excluding hydrogens is 214 g/mol. The first-order valence-corrected chi connectivity index (χ1v) is 5.94. The molecule has 0 radical (unpaired) electrons. The molecule has 0 bridgehead atoms. The van der Waals surface area contributed by atoms with Crippen LogP contribution in [0.3, 0.4) is 0 Å². The van der Waals surface area contributed by atoms with E-state index < -0.39 is 5.54 Å². The molecule has 94 valence electrons. The molecule has 0 fully saturated rings. The summed E-state index contributed by atoms with van der Waals surface area (Å²) in [6.07, 6.45) is 1.90. The van der Waals surface area contributed by atoms with Crippen molar-refractivity contribution in [2.24, 2.45) is 5.73 Å². The summed E-state index contributed by atoms with van der Waals surface area (Å²) in [6.45, 7) is 3.73. The van der Waals surface area contributed by atoms with Crippen LogP contribution in [0.1, 0.15) is 32.3 Å². The van der Waals surface area contributed by atoms with Gasteiger partial charge in [-0.1, -0.05) is 19.1 Å². The minimum atomic E-state index is -0.688. The highest BCUT2D eigenvalue weighted by molar-refractivity contribution is 5.87. The van der Waals surface area contributed by atoms with E-state index >= 15 is 0 Å². The van der Waals surface area contributed by atoms with Crippen molar-refractivity contribution in [3.05, 3.63) is 29.8 Å². The lowest BCUT2D eigenvalue weighted by molar-refractivity contribution is -0.123. The van der Waals surface area contributed by atoms with Gasteiger partial charge in [0.05, 0.1) is 12.6 Å². The average Bonchev–Trinajstić information content (AvgIpc) is 2.36. The lowest BCUT2D eigenvalue weighted by atomic mass is 9.91. The number of carbonyl (C=O) groups is 1. The molecular formula is C14H21NO2. The Bertz CT molecular complexity index is 368. The van der Waals surface area contributed by atoms with E-state index in [4.69, 9.17) is 10.5 Å². The molecule has 0 aliphatic heterocycles. The Kier molecular flexibility index (Phi) is 4.70. The Hall–Kier alpha value is -1.35. The minimum absolute atomic E-state index is 0.121. The first-order valence-electron chi connectivity index (χ1n) is 5.94. The molecule has 0 aliphatic rings. The number of hydrogen-bond donors (Lipinski definition) is 1. The van der Waals surface area contributed by atoms with Crippen molar-refractivity contribution >= 4 is 5.78 Å². The van der Waals surface area contributed by atoms with Crippen molar-refractivity contribution < 1.29 is 9.53 Å². The van der Waals surface area contributed by atoms with Gasteiger partial charge in [-0.2, -0.15) is 0 Å². The maximum Gasteiger partial charge on any atom is 0.152 e. The van der Waals surface area contributed by atoms with E-state index in [1.54, 1.807) is 14.0 Å². The van der Waals surface area contributed by atoms with Gasteiger partial charge in [-0.25, -0.2) is 0 Å². The van der Waals surface area contributed by atoms with Crippen molar-refractivity contribution in [1.82, 2.24) is 0 Å². The van der Waals surface area contributed by atoms with Gasteiger partial charge in [-0.15, -0.1) is 0 Å². The molecule has 3 nitrogen and oxygen atoms in total. The fourth-order valence-electron chi connectivity index (χ4n) is 1.53. The molecule has 1 aromatic carbocycles. The average molecular weight is 235 g/mol. The molecule has 0 heterocycles. The molecule has 0 saturated carbocycles. The molecule has 0 aliphatic carbocycles. The van der Waals surface area contributed by atoms with Crippen LogP contribution in [0.15, 0.2) is 24.3 Å². The van der Waals surface area contributed by atoms with Crippen LogP contribution < -0.4 is 10.5 Å².